The maximum absolute atomic E-state index is 13.0. The van der Waals surface area contributed by atoms with Crippen molar-refractivity contribution in [2.24, 2.45) is 5.73 Å². The first kappa shape index (κ1) is 19.4. The monoisotopic (exact) mass is 370 g/mol. The molecule has 0 saturated heterocycles. The van der Waals surface area contributed by atoms with E-state index in [1.54, 1.807) is 0 Å². The lowest BCUT2D eigenvalue weighted by Crippen LogP contribution is -2.22. The molecule has 0 radical (unpaired) electrons. The number of rotatable bonds is 8. The highest BCUT2D eigenvalue weighted by Gasteiger charge is 2.16. The van der Waals surface area contributed by atoms with Crippen LogP contribution in [-0.2, 0) is 6.54 Å². The van der Waals surface area contributed by atoms with Crippen LogP contribution in [0.25, 0.3) is 21.8 Å². The maximum Gasteiger partial charge on any atom is 0.262 e. The van der Waals surface area contributed by atoms with Gasteiger partial charge >= 0.3 is 0 Å². The van der Waals surface area contributed by atoms with Gasteiger partial charge in [-0.1, -0.05) is 0 Å². The van der Waals surface area contributed by atoms with E-state index in [-0.39, 0.29) is 5.56 Å². The third-order valence-corrected chi connectivity index (χ3v) is 4.98. The molecule has 0 amide bonds. The predicted octanol–water partition coefficient (Wildman–Crippen LogP) is 2.21. The van der Waals surface area contributed by atoms with Crippen molar-refractivity contribution < 1.29 is 0 Å². The van der Waals surface area contributed by atoms with Crippen molar-refractivity contribution in [2.45, 2.75) is 33.2 Å². The second-order valence-electron chi connectivity index (χ2n) is 7.44. The highest BCUT2D eigenvalue weighted by Crippen LogP contribution is 2.28. The smallest absolute Gasteiger partial charge is 0.262 e. The number of nitrogens with two attached hydrogens (primary N) is 1. The first-order valence-corrected chi connectivity index (χ1v) is 9.54. The molecule has 0 unspecified atom stereocenters. The molecule has 3 aromatic rings. The fourth-order valence-corrected chi connectivity index (χ4v) is 3.52. The third-order valence-electron chi connectivity index (χ3n) is 4.98. The highest BCUT2D eigenvalue weighted by molar-refractivity contribution is 6.05. The Balaban J connectivity index is 2.10. The van der Waals surface area contributed by atoms with Gasteiger partial charge in [0.15, 0.2) is 0 Å². The molecular weight excluding hydrogens is 340 g/mol. The van der Waals surface area contributed by atoms with Crippen molar-refractivity contribution in [1.82, 2.24) is 19.7 Å². The summed E-state index contributed by atoms with van der Waals surface area (Å²) >= 11 is 0. The lowest BCUT2D eigenvalue weighted by molar-refractivity contribution is 0.405. The molecule has 0 aliphatic carbocycles. The number of aromatic nitrogens is 3. The van der Waals surface area contributed by atoms with Gasteiger partial charge in [-0.2, -0.15) is 5.10 Å². The maximum atomic E-state index is 13.0. The van der Waals surface area contributed by atoms with E-state index in [4.69, 9.17) is 5.73 Å². The molecule has 4 N–H and O–H groups in total. The molecule has 0 saturated carbocycles. The second kappa shape index (κ2) is 8.10. The molecular formula is C20H30N6O. The number of aryl methyl sites for hydroxylation is 3. The number of nitrogens with zero attached hydrogens (tertiary/aromatic N) is 3. The molecule has 0 bridgehead atoms. The third kappa shape index (κ3) is 3.84. The summed E-state index contributed by atoms with van der Waals surface area (Å²) in [6, 6.07) is 4.21. The number of benzene rings is 1. The Labute approximate surface area is 159 Å². The molecule has 1 aromatic carbocycles. The van der Waals surface area contributed by atoms with E-state index in [9.17, 15) is 4.79 Å². The molecule has 0 atom stereocenters. The number of hydrogen-bond acceptors (Lipinski definition) is 5. The zero-order valence-electron chi connectivity index (χ0n) is 16.7. The summed E-state index contributed by atoms with van der Waals surface area (Å²) in [4.78, 5) is 15.2. The van der Waals surface area contributed by atoms with Crippen molar-refractivity contribution in [1.29, 1.82) is 0 Å². The Kier molecular flexibility index (Phi) is 5.82. The van der Waals surface area contributed by atoms with E-state index in [2.05, 4.69) is 53.6 Å². The van der Waals surface area contributed by atoms with Gasteiger partial charge in [-0.15, -0.1) is 0 Å². The normalized spacial score (nSPS) is 11.8. The van der Waals surface area contributed by atoms with Gasteiger partial charge in [-0.25, -0.2) is 0 Å². The van der Waals surface area contributed by atoms with E-state index in [0.717, 1.165) is 59.3 Å². The summed E-state index contributed by atoms with van der Waals surface area (Å²) in [7, 11) is 4.16. The van der Waals surface area contributed by atoms with Crippen LogP contribution in [0, 0.1) is 13.8 Å². The molecule has 146 valence electrons. The molecule has 2 heterocycles. The van der Waals surface area contributed by atoms with E-state index >= 15 is 0 Å². The van der Waals surface area contributed by atoms with E-state index in [1.165, 1.54) is 0 Å². The summed E-state index contributed by atoms with van der Waals surface area (Å²) in [5, 5.41) is 12.6. The van der Waals surface area contributed by atoms with Crippen LogP contribution in [0.15, 0.2) is 16.9 Å². The van der Waals surface area contributed by atoms with Crippen molar-refractivity contribution >= 4 is 27.5 Å². The minimum absolute atomic E-state index is 0.00305. The number of aromatic amines is 1. The standard InChI is InChI=1S/C20H30N6O/c1-13-11-17-15(12-16(13)22-8-6-9-25(3)4)19-18(14(2)23-24-19)20(27)26(17)10-5-7-21/h11-12,22H,5-10,21H2,1-4H3,(H,23,24). The van der Waals surface area contributed by atoms with E-state index in [1.807, 2.05) is 11.5 Å². The minimum Gasteiger partial charge on any atom is -0.385 e. The summed E-state index contributed by atoms with van der Waals surface area (Å²) in [5.74, 6) is 0. The van der Waals surface area contributed by atoms with Gasteiger partial charge in [-0.05, 0) is 71.6 Å². The fourth-order valence-electron chi connectivity index (χ4n) is 3.52. The van der Waals surface area contributed by atoms with Gasteiger partial charge in [-0.3, -0.25) is 9.89 Å². The summed E-state index contributed by atoms with van der Waals surface area (Å²) in [6.45, 7) is 7.08. The zero-order chi connectivity index (χ0) is 19.6. The molecule has 0 aliphatic heterocycles. The molecule has 0 fully saturated rings. The van der Waals surface area contributed by atoms with Crippen LogP contribution in [-0.4, -0.2) is 53.4 Å². The highest BCUT2D eigenvalue weighted by atomic mass is 16.1. The van der Waals surface area contributed by atoms with Crippen LogP contribution < -0.4 is 16.6 Å². The van der Waals surface area contributed by atoms with Crippen LogP contribution in [0.1, 0.15) is 24.1 Å². The SMILES string of the molecule is Cc1cc2c(cc1NCCCN(C)C)c1n[nH]c(C)c1c(=O)n2CCCN. The van der Waals surface area contributed by atoms with Crippen molar-refractivity contribution in [2.75, 3.05) is 39.0 Å². The van der Waals surface area contributed by atoms with Crippen LogP contribution in [0.5, 0.6) is 0 Å². The Bertz CT molecular complexity index is 1000. The van der Waals surface area contributed by atoms with Gasteiger partial charge in [0, 0.05) is 29.9 Å². The van der Waals surface area contributed by atoms with Gasteiger partial charge in [0.2, 0.25) is 0 Å². The Morgan fingerprint density at radius 3 is 2.74 bits per heavy atom. The topological polar surface area (TPSA) is 92.0 Å². The number of anilines is 1. The summed E-state index contributed by atoms with van der Waals surface area (Å²) in [5.41, 5.74) is 10.4. The lowest BCUT2D eigenvalue weighted by atomic mass is 10.1. The Morgan fingerprint density at radius 2 is 2.04 bits per heavy atom. The zero-order valence-corrected chi connectivity index (χ0v) is 16.7. The van der Waals surface area contributed by atoms with Crippen molar-refractivity contribution in [3.63, 3.8) is 0 Å². The summed E-state index contributed by atoms with van der Waals surface area (Å²) in [6.07, 6.45) is 1.83. The van der Waals surface area contributed by atoms with E-state index < -0.39 is 0 Å². The molecule has 3 rings (SSSR count). The molecule has 0 aliphatic rings. The number of pyridine rings is 1. The number of fused-ring (bicyclic) bond motifs is 3. The Hall–Kier alpha value is -2.38. The van der Waals surface area contributed by atoms with Gasteiger partial charge < -0.3 is 20.5 Å². The van der Waals surface area contributed by atoms with Crippen molar-refractivity contribution in [3.8, 4) is 0 Å². The number of hydrogen-bond donors (Lipinski definition) is 3. The Morgan fingerprint density at radius 1 is 1.26 bits per heavy atom. The van der Waals surface area contributed by atoms with Crippen LogP contribution in [0.4, 0.5) is 5.69 Å². The fraction of sp³-hybridized carbons (Fsp3) is 0.500. The number of nitrogens with one attached hydrogen (secondary N) is 2. The molecule has 2 aromatic heterocycles. The predicted molar refractivity (Wildman–Crippen MR) is 113 cm³/mol. The lowest BCUT2D eigenvalue weighted by Gasteiger charge is -2.16. The average Bonchev–Trinajstić information content (AvgIpc) is 3.01. The average molecular weight is 371 g/mol. The second-order valence-corrected chi connectivity index (χ2v) is 7.44. The molecule has 7 heteroatoms. The first-order valence-electron chi connectivity index (χ1n) is 9.54. The summed E-state index contributed by atoms with van der Waals surface area (Å²) < 4.78 is 1.84. The molecule has 7 nitrogen and oxygen atoms in total. The van der Waals surface area contributed by atoms with E-state index in [0.29, 0.717) is 18.5 Å². The molecule has 0 spiro atoms. The van der Waals surface area contributed by atoms with Crippen LogP contribution in [0.2, 0.25) is 0 Å². The van der Waals surface area contributed by atoms with Gasteiger partial charge in [0.1, 0.15) is 5.52 Å². The largest absolute Gasteiger partial charge is 0.385 e. The van der Waals surface area contributed by atoms with Crippen LogP contribution >= 0.6 is 0 Å². The van der Waals surface area contributed by atoms with Crippen molar-refractivity contribution in [3.05, 3.63) is 33.7 Å². The van der Waals surface area contributed by atoms with Crippen LogP contribution in [0.3, 0.4) is 0 Å². The number of H-pyrrole nitrogens is 1. The first-order chi connectivity index (χ1) is 12.9. The van der Waals surface area contributed by atoms with Gasteiger partial charge in [0.25, 0.3) is 5.56 Å². The molecule has 27 heavy (non-hydrogen) atoms. The van der Waals surface area contributed by atoms with Gasteiger partial charge in [0.05, 0.1) is 10.9 Å². The quantitative estimate of drug-likeness (QED) is 0.529. The minimum atomic E-state index is 0.00305.